The molecule has 3 rings (SSSR count). The van der Waals surface area contributed by atoms with Gasteiger partial charge in [-0.1, -0.05) is 43.9 Å². The first-order valence-corrected chi connectivity index (χ1v) is 16.2. The molecule has 1 saturated carbocycles. The van der Waals surface area contributed by atoms with E-state index in [1.54, 1.807) is 18.2 Å². The van der Waals surface area contributed by atoms with Gasteiger partial charge in [-0.25, -0.2) is 4.79 Å². The number of hydrogen-bond acceptors (Lipinski definition) is 14. The Labute approximate surface area is 295 Å². The molecule has 0 N–H and O–H groups in total. The Morgan fingerprint density at radius 3 is 1.71 bits per heavy atom. The zero-order chi connectivity index (χ0) is 38.6. The Morgan fingerprint density at radius 2 is 1.20 bits per heavy atom. The molecule has 14 heteroatoms. The number of hydrogen-bond donors (Lipinski definition) is 0. The molecule has 2 aliphatic carbocycles. The number of Topliss-reactive ketones (excluding diaryl/α,β-unsaturated/α-hetero) is 2. The van der Waals surface area contributed by atoms with E-state index in [4.69, 9.17) is 28.4 Å². The summed E-state index contributed by atoms with van der Waals surface area (Å²) in [5.74, 6) is -10.2. The zero-order valence-electron chi connectivity index (χ0n) is 30.1. The van der Waals surface area contributed by atoms with Crippen LogP contribution in [0.4, 0.5) is 0 Å². The summed E-state index contributed by atoms with van der Waals surface area (Å²) in [6, 6.07) is 7.66. The van der Waals surface area contributed by atoms with E-state index in [1.165, 1.54) is 52.0 Å². The van der Waals surface area contributed by atoms with Crippen molar-refractivity contribution < 1.29 is 66.8 Å². The molecule has 1 aromatic rings. The van der Waals surface area contributed by atoms with E-state index in [0.29, 0.717) is 0 Å². The lowest BCUT2D eigenvalue weighted by Gasteiger charge is -2.42. The van der Waals surface area contributed by atoms with Crippen molar-refractivity contribution in [1.29, 1.82) is 0 Å². The molecule has 276 valence electrons. The van der Waals surface area contributed by atoms with Crippen LogP contribution in [0, 0.1) is 17.3 Å². The SMILES string of the molecule is C=C1[C@H](OC(C)=O)[C@H]2[C@@H](OC(=O)c3ccccc3)[C@](C)(OC(C)=O)C[C@]2(OC(C)=O)C(=O)[C@@H](C)/C=C/C(C)(C)C(=O)[C@H](OC(C)=O)[C@H]1OC(C)=O. The van der Waals surface area contributed by atoms with Crippen molar-refractivity contribution in [2.75, 3.05) is 0 Å². The fraction of sp³-hybridized carbons (Fsp3) is 0.514. The van der Waals surface area contributed by atoms with Gasteiger partial charge in [-0.05, 0) is 32.9 Å². The van der Waals surface area contributed by atoms with Crippen molar-refractivity contribution in [2.45, 2.75) is 104 Å². The minimum atomic E-state index is -2.39. The fourth-order valence-corrected chi connectivity index (χ4v) is 6.78. The van der Waals surface area contributed by atoms with Crippen LogP contribution in [0.25, 0.3) is 0 Å². The number of ether oxygens (including phenoxy) is 6. The number of carbonyl (C=O) groups is 8. The van der Waals surface area contributed by atoms with Gasteiger partial charge in [0.2, 0.25) is 6.10 Å². The lowest BCUT2D eigenvalue weighted by atomic mass is 9.72. The lowest BCUT2D eigenvalue weighted by Crippen LogP contribution is -2.58. The first kappa shape index (κ1) is 40.3. The summed E-state index contributed by atoms with van der Waals surface area (Å²) >= 11 is 0. The topological polar surface area (TPSA) is 192 Å². The Morgan fingerprint density at radius 1 is 0.686 bits per heavy atom. The number of allylic oxidation sites excluding steroid dienone is 2. The van der Waals surface area contributed by atoms with Crippen molar-refractivity contribution in [1.82, 2.24) is 0 Å². The molecule has 0 heterocycles. The van der Waals surface area contributed by atoms with Crippen LogP contribution in [0.2, 0.25) is 0 Å². The van der Waals surface area contributed by atoms with Gasteiger partial charge < -0.3 is 28.4 Å². The van der Waals surface area contributed by atoms with Gasteiger partial charge in [-0.3, -0.25) is 33.6 Å². The van der Waals surface area contributed by atoms with Gasteiger partial charge in [-0.2, -0.15) is 0 Å². The van der Waals surface area contributed by atoms with Crippen LogP contribution >= 0.6 is 0 Å². The zero-order valence-corrected chi connectivity index (χ0v) is 30.1. The highest BCUT2D eigenvalue weighted by molar-refractivity contribution is 5.96. The maximum absolute atomic E-state index is 14.9. The van der Waals surface area contributed by atoms with Gasteiger partial charge in [0.25, 0.3) is 0 Å². The Balaban J connectivity index is 2.55. The van der Waals surface area contributed by atoms with Crippen LogP contribution in [-0.2, 0) is 62.0 Å². The largest absolute Gasteiger partial charge is 0.457 e. The molecule has 0 saturated heterocycles. The highest BCUT2D eigenvalue weighted by Crippen LogP contribution is 2.54. The van der Waals surface area contributed by atoms with Crippen molar-refractivity contribution in [2.24, 2.45) is 17.3 Å². The van der Waals surface area contributed by atoms with Gasteiger partial charge in [0, 0.05) is 57.9 Å². The van der Waals surface area contributed by atoms with Crippen molar-refractivity contribution >= 4 is 47.4 Å². The molecule has 2 aliphatic rings. The molecule has 14 nitrogen and oxygen atoms in total. The van der Waals surface area contributed by atoms with Crippen LogP contribution in [0.3, 0.4) is 0 Å². The molecule has 1 fully saturated rings. The van der Waals surface area contributed by atoms with E-state index in [1.807, 2.05) is 0 Å². The molecule has 0 amide bonds. The quantitative estimate of drug-likeness (QED) is 0.226. The Bertz CT molecular complexity index is 1640. The summed E-state index contributed by atoms with van der Waals surface area (Å²) in [5, 5.41) is 0. The van der Waals surface area contributed by atoms with Gasteiger partial charge in [-0.15, -0.1) is 0 Å². The standard InChI is InChI=1S/C37H44O14/c1-19-16-17-35(8,9)32(44)30(48-23(5)40)29(47-22(4)39)20(2)28(46-21(3)38)27-33(49-34(45)26-14-12-11-13-15-26)36(10,50-24(6)41)18-37(27,31(19)43)51-25(7)42/h11-17,19,27-30,33H,2,18H2,1,3-10H3/b17-16+/t19-,27-,28-,29-,30+,33+,36+,37+/m0/s1. The maximum atomic E-state index is 14.9. The third-order valence-corrected chi connectivity index (χ3v) is 8.76. The molecule has 51 heavy (non-hydrogen) atoms. The van der Waals surface area contributed by atoms with E-state index >= 15 is 0 Å². The summed E-state index contributed by atoms with van der Waals surface area (Å²) in [7, 11) is 0. The molecule has 8 atom stereocenters. The molecule has 0 radical (unpaired) electrons. The van der Waals surface area contributed by atoms with Crippen molar-refractivity contribution in [3.05, 3.63) is 60.2 Å². The molecular weight excluding hydrogens is 668 g/mol. The number of fused-ring (bicyclic) bond motifs is 1. The molecule has 0 spiro atoms. The highest BCUT2D eigenvalue weighted by atomic mass is 16.6. The van der Waals surface area contributed by atoms with Crippen LogP contribution in [0.1, 0.15) is 79.1 Å². The second-order valence-electron chi connectivity index (χ2n) is 13.5. The molecule has 1 aromatic carbocycles. The molecular formula is C37H44O14. The summed E-state index contributed by atoms with van der Waals surface area (Å²) in [4.78, 5) is 106. The number of benzene rings is 1. The minimum Gasteiger partial charge on any atom is -0.457 e. The minimum absolute atomic E-state index is 0.0480. The average Bonchev–Trinajstić information content (AvgIpc) is 3.24. The van der Waals surface area contributed by atoms with E-state index < -0.39 is 112 Å². The monoisotopic (exact) mass is 712 g/mol. The molecule has 0 aromatic heterocycles. The predicted molar refractivity (Wildman–Crippen MR) is 176 cm³/mol. The van der Waals surface area contributed by atoms with E-state index in [9.17, 15) is 38.4 Å². The van der Waals surface area contributed by atoms with Gasteiger partial charge in [0.15, 0.2) is 35.0 Å². The van der Waals surface area contributed by atoms with Crippen molar-refractivity contribution in [3.8, 4) is 0 Å². The summed E-state index contributed by atoms with van der Waals surface area (Å²) in [5.41, 5.74) is -6.18. The molecule has 0 bridgehead atoms. The number of esters is 6. The first-order valence-electron chi connectivity index (χ1n) is 16.2. The fourth-order valence-electron chi connectivity index (χ4n) is 6.78. The summed E-state index contributed by atoms with van der Waals surface area (Å²) < 4.78 is 34.6. The van der Waals surface area contributed by atoms with Crippen LogP contribution in [0.5, 0.6) is 0 Å². The van der Waals surface area contributed by atoms with Crippen LogP contribution < -0.4 is 0 Å². The van der Waals surface area contributed by atoms with Crippen molar-refractivity contribution in [3.63, 3.8) is 0 Å². The van der Waals surface area contributed by atoms with Gasteiger partial charge in [0.05, 0.1) is 11.5 Å². The Kier molecular flexibility index (Phi) is 12.2. The summed E-state index contributed by atoms with van der Waals surface area (Å²) in [6.07, 6.45) is -5.23. The number of ketones is 2. The summed E-state index contributed by atoms with van der Waals surface area (Å²) in [6.45, 7) is 14.9. The number of carbonyl (C=O) groups excluding carboxylic acids is 8. The second kappa shape index (κ2) is 15.4. The van der Waals surface area contributed by atoms with E-state index in [2.05, 4.69) is 6.58 Å². The smallest absolute Gasteiger partial charge is 0.338 e. The first-order chi connectivity index (χ1) is 23.6. The average molecular weight is 713 g/mol. The van der Waals surface area contributed by atoms with E-state index in [0.717, 1.165) is 34.6 Å². The van der Waals surface area contributed by atoms with Gasteiger partial charge in [0.1, 0.15) is 6.10 Å². The van der Waals surface area contributed by atoms with Crippen LogP contribution in [-0.4, -0.2) is 83.0 Å². The predicted octanol–water partition coefficient (Wildman–Crippen LogP) is 3.58. The third kappa shape index (κ3) is 8.78. The number of rotatable bonds is 7. The molecule has 0 aliphatic heterocycles. The third-order valence-electron chi connectivity index (χ3n) is 8.76. The highest BCUT2D eigenvalue weighted by Gasteiger charge is 2.72. The lowest BCUT2D eigenvalue weighted by molar-refractivity contribution is -0.185. The normalized spacial score (nSPS) is 31.0. The van der Waals surface area contributed by atoms with Gasteiger partial charge >= 0.3 is 35.8 Å². The Hall–Kier alpha value is -5.14. The van der Waals surface area contributed by atoms with E-state index in [-0.39, 0.29) is 5.56 Å². The van der Waals surface area contributed by atoms with Crippen LogP contribution in [0.15, 0.2) is 54.6 Å². The maximum Gasteiger partial charge on any atom is 0.338 e. The second-order valence-corrected chi connectivity index (χ2v) is 13.5. The molecule has 0 unspecified atom stereocenters.